The molecule has 23 heavy (non-hydrogen) atoms. The molecule has 6 nitrogen and oxygen atoms in total. The zero-order valence-corrected chi connectivity index (χ0v) is 13.2. The van der Waals surface area contributed by atoms with Crippen LogP contribution in [-0.2, 0) is 11.2 Å². The van der Waals surface area contributed by atoms with E-state index in [-0.39, 0.29) is 18.0 Å². The number of carbonyl (C=O) groups excluding carboxylic acids is 1. The van der Waals surface area contributed by atoms with Gasteiger partial charge in [-0.25, -0.2) is 5.43 Å². The molecule has 2 fully saturated rings. The summed E-state index contributed by atoms with van der Waals surface area (Å²) in [7, 11) is 0. The van der Waals surface area contributed by atoms with Crippen molar-refractivity contribution in [3.8, 4) is 0 Å². The largest absolute Gasteiger partial charge is 0.273 e. The number of nitrogens with zero attached hydrogens (tertiary/aromatic N) is 2. The van der Waals surface area contributed by atoms with E-state index < -0.39 is 4.92 Å². The zero-order chi connectivity index (χ0) is 16.4. The van der Waals surface area contributed by atoms with Gasteiger partial charge in [0.2, 0.25) is 5.91 Å². The van der Waals surface area contributed by atoms with Crippen LogP contribution in [0.2, 0.25) is 0 Å². The third kappa shape index (κ3) is 3.57. The van der Waals surface area contributed by atoms with Gasteiger partial charge < -0.3 is 0 Å². The summed E-state index contributed by atoms with van der Waals surface area (Å²) in [4.78, 5) is 22.1. The fourth-order valence-electron chi connectivity index (χ4n) is 3.95. The maximum absolute atomic E-state index is 12.0. The summed E-state index contributed by atoms with van der Waals surface area (Å²) in [5.41, 5.74) is 4.41. The molecule has 0 aromatic heterocycles. The number of carbonyl (C=O) groups is 1. The van der Waals surface area contributed by atoms with Crippen LogP contribution >= 0.6 is 0 Å². The highest BCUT2D eigenvalue weighted by Gasteiger charge is 2.40. The summed E-state index contributed by atoms with van der Waals surface area (Å²) in [5, 5.41) is 14.9. The number of amides is 1. The van der Waals surface area contributed by atoms with Crippen molar-refractivity contribution in [1.82, 2.24) is 5.43 Å². The van der Waals surface area contributed by atoms with Crippen LogP contribution in [0, 0.1) is 27.9 Å². The van der Waals surface area contributed by atoms with Crippen molar-refractivity contribution in [3.05, 3.63) is 39.9 Å². The third-order valence-electron chi connectivity index (χ3n) is 5.14. The Morgan fingerprint density at radius 2 is 2.04 bits per heavy atom. The van der Waals surface area contributed by atoms with Gasteiger partial charge in [0.25, 0.3) is 5.69 Å². The first-order valence-electron chi connectivity index (χ1n) is 8.09. The Labute approximate surface area is 135 Å². The van der Waals surface area contributed by atoms with E-state index >= 15 is 0 Å². The molecule has 0 heterocycles. The lowest BCUT2D eigenvalue weighted by molar-refractivity contribution is -0.384. The standard InChI is InChI=1S/C17H21N3O3/c1-11(16-9-13-2-5-14(16)8-13)18-19-17(21)10-12-3-6-15(7-4-12)20(22)23/h3-4,6-7,13-14,16H,2,5,8-10H2,1H3,(H,19,21)/b18-11-/t13-,14+,16-/m0/s1. The fraction of sp³-hybridized carbons (Fsp3) is 0.529. The van der Waals surface area contributed by atoms with Crippen molar-refractivity contribution in [2.45, 2.75) is 39.0 Å². The molecule has 2 saturated carbocycles. The molecular weight excluding hydrogens is 294 g/mol. The number of nitro benzene ring substituents is 1. The minimum atomic E-state index is -0.452. The van der Waals surface area contributed by atoms with E-state index in [2.05, 4.69) is 10.5 Å². The van der Waals surface area contributed by atoms with Crippen molar-refractivity contribution in [2.24, 2.45) is 22.9 Å². The quantitative estimate of drug-likeness (QED) is 0.515. The van der Waals surface area contributed by atoms with Crippen LogP contribution in [0.1, 0.15) is 38.2 Å². The normalized spacial score (nSPS) is 26.3. The molecule has 3 rings (SSSR count). The Morgan fingerprint density at radius 3 is 2.61 bits per heavy atom. The number of benzene rings is 1. The first-order chi connectivity index (χ1) is 11.0. The van der Waals surface area contributed by atoms with Crippen molar-refractivity contribution in [3.63, 3.8) is 0 Å². The molecule has 1 aromatic rings. The summed E-state index contributed by atoms with van der Waals surface area (Å²) in [5.74, 6) is 1.93. The maximum atomic E-state index is 12.0. The van der Waals surface area contributed by atoms with Gasteiger partial charge in [0, 0.05) is 23.8 Å². The van der Waals surface area contributed by atoms with Crippen LogP contribution in [0.3, 0.4) is 0 Å². The predicted molar refractivity (Wildman–Crippen MR) is 87.0 cm³/mol. The van der Waals surface area contributed by atoms with E-state index in [1.807, 2.05) is 6.92 Å². The summed E-state index contributed by atoms with van der Waals surface area (Å²) in [6.45, 7) is 2.00. The first-order valence-corrected chi connectivity index (χ1v) is 8.09. The molecule has 1 aromatic carbocycles. The molecule has 1 amide bonds. The third-order valence-corrected chi connectivity index (χ3v) is 5.14. The molecule has 2 bridgehead atoms. The van der Waals surface area contributed by atoms with Crippen molar-refractivity contribution >= 4 is 17.3 Å². The number of fused-ring (bicyclic) bond motifs is 2. The van der Waals surface area contributed by atoms with Crippen LogP contribution in [0.4, 0.5) is 5.69 Å². The minimum Gasteiger partial charge on any atom is -0.273 e. The topological polar surface area (TPSA) is 84.6 Å². The Balaban J connectivity index is 1.53. The number of non-ortho nitro benzene ring substituents is 1. The molecule has 122 valence electrons. The van der Waals surface area contributed by atoms with Crippen LogP contribution < -0.4 is 5.43 Å². The van der Waals surface area contributed by atoms with Gasteiger partial charge in [-0.3, -0.25) is 14.9 Å². The molecule has 1 N–H and O–H groups in total. The highest BCUT2D eigenvalue weighted by molar-refractivity contribution is 5.87. The number of hydrogen-bond acceptors (Lipinski definition) is 4. The van der Waals surface area contributed by atoms with Crippen LogP contribution in [0.25, 0.3) is 0 Å². The molecule has 2 aliphatic carbocycles. The summed E-state index contributed by atoms with van der Waals surface area (Å²) >= 11 is 0. The van der Waals surface area contributed by atoms with Crippen molar-refractivity contribution < 1.29 is 9.72 Å². The van der Waals surface area contributed by atoms with Gasteiger partial charge in [-0.15, -0.1) is 0 Å². The van der Waals surface area contributed by atoms with Gasteiger partial charge in [0.05, 0.1) is 11.3 Å². The SMILES string of the molecule is C/C(=N/NC(=O)Cc1ccc([N+](=O)[O-])cc1)[C@@H]1C[C@H]2CC[C@@H]1C2. The highest BCUT2D eigenvalue weighted by Crippen LogP contribution is 2.48. The lowest BCUT2D eigenvalue weighted by atomic mass is 9.86. The summed E-state index contributed by atoms with van der Waals surface area (Å²) in [6, 6.07) is 6.02. The van der Waals surface area contributed by atoms with E-state index in [9.17, 15) is 14.9 Å². The van der Waals surface area contributed by atoms with Gasteiger partial charge in [0.1, 0.15) is 0 Å². The Bertz CT molecular complexity index is 639. The molecule has 6 heteroatoms. The number of nitrogens with one attached hydrogen (secondary N) is 1. The number of hydrazone groups is 1. The number of nitro groups is 1. The van der Waals surface area contributed by atoms with Crippen molar-refractivity contribution in [2.75, 3.05) is 0 Å². The second kappa shape index (κ2) is 6.48. The van der Waals surface area contributed by atoms with Crippen LogP contribution in [0.5, 0.6) is 0 Å². The molecule has 0 saturated heterocycles. The Hall–Kier alpha value is -2.24. The number of hydrogen-bond donors (Lipinski definition) is 1. The van der Waals surface area contributed by atoms with E-state index in [1.165, 1.54) is 37.8 Å². The molecule has 2 aliphatic rings. The fourth-order valence-corrected chi connectivity index (χ4v) is 3.95. The second-order valence-electron chi connectivity index (χ2n) is 6.67. The molecule has 0 aliphatic heterocycles. The molecular formula is C17H21N3O3. The van der Waals surface area contributed by atoms with Crippen LogP contribution in [-0.4, -0.2) is 16.5 Å². The summed E-state index contributed by atoms with van der Waals surface area (Å²) < 4.78 is 0. The predicted octanol–water partition coefficient (Wildman–Crippen LogP) is 3.07. The molecule has 0 unspecified atom stereocenters. The summed E-state index contributed by atoms with van der Waals surface area (Å²) in [6.07, 6.45) is 5.33. The molecule has 3 atom stereocenters. The van der Waals surface area contributed by atoms with E-state index in [1.54, 1.807) is 12.1 Å². The van der Waals surface area contributed by atoms with Gasteiger partial charge in [-0.1, -0.05) is 18.6 Å². The monoisotopic (exact) mass is 315 g/mol. The first kappa shape index (κ1) is 15.6. The van der Waals surface area contributed by atoms with Gasteiger partial charge >= 0.3 is 0 Å². The smallest absolute Gasteiger partial charge is 0.269 e. The van der Waals surface area contributed by atoms with Gasteiger partial charge in [-0.2, -0.15) is 5.10 Å². The highest BCUT2D eigenvalue weighted by atomic mass is 16.6. The van der Waals surface area contributed by atoms with Crippen molar-refractivity contribution in [1.29, 1.82) is 0 Å². The van der Waals surface area contributed by atoms with Crippen LogP contribution in [0.15, 0.2) is 29.4 Å². The van der Waals surface area contributed by atoms with E-state index in [0.717, 1.165) is 23.1 Å². The second-order valence-corrected chi connectivity index (χ2v) is 6.67. The maximum Gasteiger partial charge on any atom is 0.269 e. The minimum absolute atomic E-state index is 0.0271. The van der Waals surface area contributed by atoms with Gasteiger partial charge in [-0.05, 0) is 43.6 Å². The lowest BCUT2D eigenvalue weighted by Crippen LogP contribution is -2.25. The Morgan fingerprint density at radius 1 is 1.30 bits per heavy atom. The van der Waals surface area contributed by atoms with E-state index in [0.29, 0.717) is 5.92 Å². The number of rotatable bonds is 5. The molecule has 0 radical (unpaired) electrons. The lowest BCUT2D eigenvalue weighted by Gasteiger charge is -2.21. The van der Waals surface area contributed by atoms with Gasteiger partial charge in [0.15, 0.2) is 0 Å². The van der Waals surface area contributed by atoms with E-state index in [4.69, 9.17) is 0 Å². The average Bonchev–Trinajstić information content (AvgIpc) is 3.16. The molecule has 0 spiro atoms. The average molecular weight is 315 g/mol. The zero-order valence-electron chi connectivity index (χ0n) is 13.2. The Kier molecular flexibility index (Phi) is 4.41.